The minimum atomic E-state index is -3.41. The number of rotatable bonds is 9. The minimum Gasteiger partial charge on any atom is -0.384 e. The average molecular weight is 413 g/mol. The number of nitrogens with one attached hydrogen (secondary N) is 1. The fourth-order valence-electron chi connectivity index (χ4n) is 2.83. The number of nitrogens with zero attached hydrogens (tertiary/aromatic N) is 2. The van der Waals surface area contributed by atoms with Gasteiger partial charge in [-0.15, -0.1) is 0 Å². The molecule has 0 fully saturated rings. The first-order chi connectivity index (χ1) is 14.0. The van der Waals surface area contributed by atoms with Crippen molar-refractivity contribution in [2.24, 2.45) is 0 Å². The molecule has 1 N–H and O–H groups in total. The first-order valence-electron chi connectivity index (χ1n) is 9.13. The Morgan fingerprint density at radius 3 is 2.55 bits per heavy atom. The number of sulfone groups is 1. The second-order valence-corrected chi connectivity index (χ2v) is 8.65. The van der Waals surface area contributed by atoms with Gasteiger partial charge in [-0.25, -0.2) is 8.42 Å². The predicted octanol–water partition coefficient (Wildman–Crippen LogP) is 2.28. The van der Waals surface area contributed by atoms with E-state index in [9.17, 15) is 13.2 Å². The van der Waals surface area contributed by atoms with Crippen LogP contribution in [0.5, 0.6) is 0 Å². The van der Waals surface area contributed by atoms with Crippen molar-refractivity contribution in [1.82, 2.24) is 15.1 Å². The van der Waals surface area contributed by atoms with E-state index in [1.165, 1.54) is 31.4 Å². The lowest BCUT2D eigenvalue weighted by Crippen LogP contribution is -2.23. The topological polar surface area (TPSA) is 90.3 Å². The van der Waals surface area contributed by atoms with Crippen molar-refractivity contribution in [3.63, 3.8) is 0 Å². The summed E-state index contributed by atoms with van der Waals surface area (Å²) in [6, 6.07) is 15.7. The number of hydrogen-bond acceptors (Lipinski definition) is 5. The van der Waals surface area contributed by atoms with E-state index in [2.05, 4.69) is 10.4 Å². The van der Waals surface area contributed by atoms with Gasteiger partial charge >= 0.3 is 0 Å². The highest BCUT2D eigenvalue weighted by molar-refractivity contribution is 7.91. The third-order valence-corrected chi connectivity index (χ3v) is 6.07. The number of carbonyl (C=O) groups excluding carboxylic acids is 1. The fourth-order valence-corrected chi connectivity index (χ4v) is 4.00. The second-order valence-electron chi connectivity index (χ2n) is 6.54. The third-order valence-electron chi connectivity index (χ3n) is 4.38. The highest BCUT2D eigenvalue weighted by Crippen LogP contribution is 2.13. The largest absolute Gasteiger partial charge is 0.384 e. The average Bonchev–Trinajstić information content (AvgIpc) is 3.24. The molecule has 7 nitrogen and oxygen atoms in total. The van der Waals surface area contributed by atoms with Crippen LogP contribution in [0.15, 0.2) is 71.9 Å². The normalized spacial score (nSPS) is 11.3. The van der Waals surface area contributed by atoms with Crippen molar-refractivity contribution in [2.75, 3.05) is 19.5 Å². The number of amides is 1. The predicted molar refractivity (Wildman–Crippen MR) is 109 cm³/mol. The molecule has 152 valence electrons. The van der Waals surface area contributed by atoms with Gasteiger partial charge in [-0.05, 0) is 41.5 Å². The summed E-state index contributed by atoms with van der Waals surface area (Å²) < 4.78 is 30.9. The Kier molecular flexibility index (Phi) is 6.79. The molecule has 1 amide bonds. The third kappa shape index (κ3) is 5.75. The van der Waals surface area contributed by atoms with E-state index in [4.69, 9.17) is 4.74 Å². The Bertz CT molecular complexity index is 1050. The Morgan fingerprint density at radius 2 is 1.86 bits per heavy atom. The van der Waals surface area contributed by atoms with Gasteiger partial charge in [0.2, 0.25) is 0 Å². The summed E-state index contributed by atoms with van der Waals surface area (Å²) in [5, 5.41) is 7.06. The van der Waals surface area contributed by atoms with Crippen LogP contribution >= 0.6 is 0 Å². The van der Waals surface area contributed by atoms with Crippen LogP contribution in [0.2, 0.25) is 0 Å². The summed E-state index contributed by atoms with van der Waals surface area (Å²) in [6.45, 7) is 1.16. The van der Waals surface area contributed by atoms with Crippen LogP contribution in [0.3, 0.4) is 0 Å². The first kappa shape index (κ1) is 20.8. The Labute approximate surface area is 170 Å². The SMILES string of the molecule is COCCS(=O)(=O)c1ccc(C(=O)NCc2cccc(Cn3cccn3)c2)cc1. The molecule has 29 heavy (non-hydrogen) atoms. The van der Waals surface area contributed by atoms with Gasteiger partial charge in [0, 0.05) is 31.6 Å². The van der Waals surface area contributed by atoms with E-state index < -0.39 is 9.84 Å². The zero-order chi connectivity index (χ0) is 20.7. The molecule has 3 rings (SSSR count). The molecule has 0 atom stereocenters. The van der Waals surface area contributed by atoms with Crippen LogP contribution in [0.4, 0.5) is 0 Å². The molecule has 0 aliphatic rings. The van der Waals surface area contributed by atoms with E-state index >= 15 is 0 Å². The first-order valence-corrected chi connectivity index (χ1v) is 10.8. The zero-order valence-corrected chi connectivity index (χ0v) is 16.9. The van der Waals surface area contributed by atoms with Gasteiger partial charge in [-0.2, -0.15) is 5.10 Å². The van der Waals surface area contributed by atoms with E-state index in [1.807, 2.05) is 41.2 Å². The smallest absolute Gasteiger partial charge is 0.251 e. The molecule has 0 aliphatic carbocycles. The molecule has 1 heterocycles. The van der Waals surface area contributed by atoms with E-state index in [0.29, 0.717) is 18.7 Å². The Morgan fingerprint density at radius 1 is 1.10 bits per heavy atom. The highest BCUT2D eigenvalue weighted by atomic mass is 32.2. The Hall–Kier alpha value is -2.97. The van der Waals surface area contributed by atoms with Gasteiger partial charge in [0.15, 0.2) is 9.84 Å². The summed E-state index contributed by atoms with van der Waals surface area (Å²) in [6.07, 6.45) is 3.63. The van der Waals surface area contributed by atoms with Crippen molar-refractivity contribution in [1.29, 1.82) is 0 Å². The summed E-state index contributed by atoms with van der Waals surface area (Å²) in [5.41, 5.74) is 2.47. The lowest BCUT2D eigenvalue weighted by Gasteiger charge is -2.09. The summed E-state index contributed by atoms with van der Waals surface area (Å²) >= 11 is 0. The number of carbonyl (C=O) groups is 1. The molecule has 0 radical (unpaired) electrons. The molecule has 2 aromatic carbocycles. The van der Waals surface area contributed by atoms with Gasteiger partial charge in [-0.1, -0.05) is 24.3 Å². The van der Waals surface area contributed by atoms with Gasteiger partial charge in [-0.3, -0.25) is 9.48 Å². The van der Waals surface area contributed by atoms with E-state index in [-0.39, 0.29) is 23.2 Å². The van der Waals surface area contributed by atoms with Gasteiger partial charge in [0.25, 0.3) is 5.91 Å². The number of aromatic nitrogens is 2. The number of benzene rings is 2. The highest BCUT2D eigenvalue weighted by Gasteiger charge is 2.15. The van der Waals surface area contributed by atoms with Crippen LogP contribution in [0.1, 0.15) is 21.5 Å². The summed E-state index contributed by atoms with van der Waals surface area (Å²) in [5.74, 6) is -0.354. The number of methoxy groups -OCH3 is 1. The molecular formula is C21H23N3O4S. The molecular weight excluding hydrogens is 390 g/mol. The summed E-state index contributed by atoms with van der Waals surface area (Å²) in [7, 11) is -1.96. The number of ether oxygens (including phenoxy) is 1. The molecule has 8 heteroatoms. The van der Waals surface area contributed by atoms with Crippen molar-refractivity contribution >= 4 is 15.7 Å². The molecule has 0 saturated carbocycles. The van der Waals surface area contributed by atoms with Gasteiger partial charge in [0.05, 0.1) is 23.8 Å². The van der Waals surface area contributed by atoms with Crippen LogP contribution in [-0.2, 0) is 27.7 Å². The standard InChI is InChI=1S/C21H23N3O4S/c1-28-12-13-29(26,27)20-8-6-19(7-9-20)21(25)22-15-17-4-2-5-18(14-17)16-24-11-3-10-23-24/h2-11,14H,12-13,15-16H2,1H3,(H,22,25). The van der Waals surface area contributed by atoms with Crippen molar-refractivity contribution < 1.29 is 17.9 Å². The molecule has 1 aromatic heterocycles. The maximum Gasteiger partial charge on any atom is 0.251 e. The lowest BCUT2D eigenvalue weighted by atomic mass is 10.1. The summed E-state index contributed by atoms with van der Waals surface area (Å²) in [4.78, 5) is 12.6. The Balaban J connectivity index is 1.59. The maximum absolute atomic E-state index is 12.4. The van der Waals surface area contributed by atoms with Crippen LogP contribution in [0, 0.1) is 0 Å². The zero-order valence-electron chi connectivity index (χ0n) is 16.1. The number of hydrogen-bond donors (Lipinski definition) is 1. The van der Waals surface area contributed by atoms with Crippen LogP contribution in [-0.4, -0.2) is 43.6 Å². The van der Waals surface area contributed by atoms with E-state index in [0.717, 1.165) is 11.1 Å². The lowest BCUT2D eigenvalue weighted by molar-refractivity contribution is 0.0951. The molecule has 3 aromatic rings. The maximum atomic E-state index is 12.4. The van der Waals surface area contributed by atoms with Crippen molar-refractivity contribution in [3.8, 4) is 0 Å². The molecule has 0 spiro atoms. The van der Waals surface area contributed by atoms with E-state index in [1.54, 1.807) is 6.20 Å². The molecule has 0 aliphatic heterocycles. The van der Waals surface area contributed by atoms with Gasteiger partial charge < -0.3 is 10.1 Å². The fraction of sp³-hybridized carbons (Fsp3) is 0.238. The van der Waals surface area contributed by atoms with Crippen LogP contribution in [0.25, 0.3) is 0 Å². The molecule has 0 bridgehead atoms. The van der Waals surface area contributed by atoms with Gasteiger partial charge in [0.1, 0.15) is 0 Å². The quantitative estimate of drug-likeness (QED) is 0.581. The van der Waals surface area contributed by atoms with Crippen molar-refractivity contribution in [2.45, 2.75) is 18.0 Å². The minimum absolute atomic E-state index is 0.0933. The second kappa shape index (κ2) is 9.49. The van der Waals surface area contributed by atoms with Crippen molar-refractivity contribution in [3.05, 3.63) is 83.7 Å². The molecule has 0 unspecified atom stereocenters. The molecule has 0 saturated heterocycles. The monoisotopic (exact) mass is 413 g/mol. The van der Waals surface area contributed by atoms with Crippen LogP contribution < -0.4 is 5.32 Å².